The van der Waals surface area contributed by atoms with Crippen LogP contribution in [0.1, 0.15) is 47.1 Å². The van der Waals surface area contributed by atoms with Crippen molar-refractivity contribution in [3.05, 3.63) is 64.4 Å². The number of halogens is 6. The molecule has 3 rings (SSSR count). The van der Waals surface area contributed by atoms with Gasteiger partial charge in [-0.3, -0.25) is 9.20 Å². The van der Waals surface area contributed by atoms with Crippen molar-refractivity contribution in [2.45, 2.75) is 51.9 Å². The molecule has 36 heavy (non-hydrogen) atoms. The average molecular weight is 516 g/mol. The second-order valence-electron chi connectivity index (χ2n) is 9.03. The molecule has 3 aromatic rings. The molecule has 1 aromatic carbocycles. The van der Waals surface area contributed by atoms with Crippen LogP contribution in [0.25, 0.3) is 5.65 Å². The first kappa shape index (κ1) is 27.5. The van der Waals surface area contributed by atoms with Crippen molar-refractivity contribution >= 4 is 11.4 Å². The fourth-order valence-electron chi connectivity index (χ4n) is 3.71. The molecular formula is C24H26F6N4O2. The van der Waals surface area contributed by atoms with Gasteiger partial charge in [-0.2, -0.15) is 13.2 Å². The molecule has 0 aliphatic heterocycles. The molecule has 0 aliphatic rings. The number of ether oxygens (including phenoxy) is 1. The molecule has 0 aliphatic carbocycles. The highest BCUT2D eigenvalue weighted by Crippen LogP contribution is 2.27. The van der Waals surface area contributed by atoms with Gasteiger partial charge in [0.2, 0.25) is 0 Å². The Hall–Kier alpha value is -3.12. The SMILES string of the molecule is Cc1cc(OCc2c(F)ccc(F)c2F)c2nc(C)c(C(=O)CNCC(C)(N)CCC(F)(F)F)n2c1. The molecule has 0 amide bonds. The molecule has 1 unspecified atom stereocenters. The Balaban J connectivity index is 1.77. The van der Waals surface area contributed by atoms with Gasteiger partial charge in [-0.05, 0) is 51.0 Å². The average Bonchev–Trinajstić information content (AvgIpc) is 3.10. The van der Waals surface area contributed by atoms with Crippen LogP contribution >= 0.6 is 0 Å². The highest BCUT2D eigenvalue weighted by Gasteiger charge is 2.31. The van der Waals surface area contributed by atoms with Gasteiger partial charge in [0.1, 0.15) is 18.1 Å². The first-order chi connectivity index (χ1) is 16.7. The zero-order chi connectivity index (χ0) is 26.8. The molecule has 12 heteroatoms. The summed E-state index contributed by atoms with van der Waals surface area (Å²) in [4.78, 5) is 17.3. The number of nitrogens with zero attached hydrogens (tertiary/aromatic N) is 2. The summed E-state index contributed by atoms with van der Waals surface area (Å²) < 4.78 is 86.0. The van der Waals surface area contributed by atoms with Crippen molar-refractivity contribution in [1.29, 1.82) is 0 Å². The van der Waals surface area contributed by atoms with E-state index in [-0.39, 0.29) is 36.6 Å². The minimum absolute atomic E-state index is 0.0250. The van der Waals surface area contributed by atoms with Gasteiger partial charge in [0.05, 0.1) is 17.8 Å². The van der Waals surface area contributed by atoms with E-state index < -0.39 is 53.5 Å². The summed E-state index contributed by atoms with van der Waals surface area (Å²) in [5, 5.41) is 2.80. The van der Waals surface area contributed by atoms with Crippen LogP contribution in [-0.4, -0.2) is 40.0 Å². The van der Waals surface area contributed by atoms with Crippen molar-refractivity contribution in [1.82, 2.24) is 14.7 Å². The van der Waals surface area contributed by atoms with Gasteiger partial charge in [-0.15, -0.1) is 0 Å². The molecule has 0 bridgehead atoms. The van der Waals surface area contributed by atoms with Crippen molar-refractivity contribution < 1.29 is 35.9 Å². The summed E-state index contributed by atoms with van der Waals surface area (Å²) in [6.45, 7) is 3.91. The number of carbonyl (C=O) groups excluding carboxylic acids is 1. The smallest absolute Gasteiger partial charge is 0.389 e. The molecule has 2 aromatic heterocycles. The Kier molecular flexibility index (Phi) is 7.99. The molecule has 0 saturated heterocycles. The summed E-state index contributed by atoms with van der Waals surface area (Å²) in [5.74, 6) is -3.82. The molecule has 0 radical (unpaired) electrons. The van der Waals surface area contributed by atoms with Gasteiger partial charge in [0.25, 0.3) is 0 Å². The number of imidazole rings is 1. The van der Waals surface area contributed by atoms with Gasteiger partial charge in [0, 0.05) is 24.7 Å². The van der Waals surface area contributed by atoms with Gasteiger partial charge >= 0.3 is 6.18 Å². The number of nitrogens with two attached hydrogens (primary N) is 1. The van der Waals surface area contributed by atoms with Crippen molar-refractivity contribution in [2.75, 3.05) is 13.1 Å². The first-order valence-electron chi connectivity index (χ1n) is 11.0. The van der Waals surface area contributed by atoms with Crippen molar-refractivity contribution in [3.8, 4) is 5.75 Å². The number of aryl methyl sites for hydroxylation is 2. The molecule has 2 heterocycles. The number of carbonyl (C=O) groups is 1. The Bertz CT molecular complexity index is 1270. The number of ketones is 1. The van der Waals surface area contributed by atoms with Crippen molar-refractivity contribution in [3.63, 3.8) is 0 Å². The van der Waals surface area contributed by atoms with Gasteiger partial charge in [0.15, 0.2) is 28.8 Å². The third kappa shape index (κ3) is 6.55. The lowest BCUT2D eigenvalue weighted by atomic mass is 9.97. The van der Waals surface area contributed by atoms with E-state index in [1.54, 1.807) is 26.1 Å². The van der Waals surface area contributed by atoms with Crippen LogP contribution in [0, 0.1) is 31.3 Å². The zero-order valence-corrected chi connectivity index (χ0v) is 19.9. The number of nitrogens with one attached hydrogen (secondary N) is 1. The molecular weight excluding hydrogens is 490 g/mol. The molecule has 1 atom stereocenters. The number of rotatable bonds is 10. The Morgan fingerprint density at radius 3 is 2.47 bits per heavy atom. The molecule has 0 saturated carbocycles. The lowest BCUT2D eigenvalue weighted by molar-refractivity contribution is -0.138. The largest absolute Gasteiger partial charge is 0.485 e. The molecule has 196 valence electrons. The lowest BCUT2D eigenvalue weighted by Gasteiger charge is -2.25. The number of fused-ring (bicyclic) bond motifs is 1. The standard InChI is InChI=1S/C24H26F6N4O2/c1-13-8-19(36-11-15-16(25)4-5-17(26)20(15)27)22-33-14(2)21(34(22)10-13)18(35)9-32-12-23(3,31)6-7-24(28,29)30/h4-5,8,10,32H,6-7,9,11-12,31H2,1-3H3. The van der Waals surface area contributed by atoms with E-state index >= 15 is 0 Å². The topological polar surface area (TPSA) is 81.6 Å². The third-order valence-electron chi connectivity index (χ3n) is 5.57. The number of benzene rings is 1. The van der Waals surface area contributed by atoms with E-state index in [0.29, 0.717) is 17.3 Å². The van der Waals surface area contributed by atoms with E-state index in [9.17, 15) is 31.1 Å². The molecule has 0 fully saturated rings. The van der Waals surface area contributed by atoms with Crippen LogP contribution in [0.2, 0.25) is 0 Å². The number of alkyl halides is 3. The van der Waals surface area contributed by atoms with Crippen LogP contribution in [0.15, 0.2) is 24.4 Å². The highest BCUT2D eigenvalue weighted by molar-refractivity contribution is 5.98. The minimum Gasteiger partial charge on any atom is -0.485 e. The van der Waals surface area contributed by atoms with Crippen LogP contribution in [0.5, 0.6) is 5.75 Å². The fraction of sp³-hybridized carbons (Fsp3) is 0.417. The lowest BCUT2D eigenvalue weighted by Crippen LogP contribution is -2.47. The number of hydrogen-bond donors (Lipinski definition) is 2. The van der Waals surface area contributed by atoms with Gasteiger partial charge in [-0.25, -0.2) is 18.2 Å². The maximum atomic E-state index is 14.0. The third-order valence-corrected chi connectivity index (χ3v) is 5.57. The van der Waals surface area contributed by atoms with E-state index in [2.05, 4.69) is 10.3 Å². The maximum absolute atomic E-state index is 14.0. The fourth-order valence-corrected chi connectivity index (χ4v) is 3.71. The summed E-state index contributed by atoms with van der Waals surface area (Å²) in [6, 6.07) is 3.03. The number of Topliss-reactive ketones (excluding diaryl/α,β-unsaturated/α-hetero) is 1. The van der Waals surface area contributed by atoms with Gasteiger partial charge < -0.3 is 15.8 Å². The second-order valence-corrected chi connectivity index (χ2v) is 9.03. The predicted octanol–water partition coefficient (Wildman–Crippen LogP) is 4.78. The van der Waals surface area contributed by atoms with E-state index in [4.69, 9.17) is 10.5 Å². The van der Waals surface area contributed by atoms with E-state index in [1.807, 2.05) is 0 Å². The monoisotopic (exact) mass is 516 g/mol. The summed E-state index contributed by atoms with van der Waals surface area (Å²) in [5.41, 5.74) is 5.53. The van der Waals surface area contributed by atoms with Crippen LogP contribution in [0.3, 0.4) is 0 Å². The first-order valence-corrected chi connectivity index (χ1v) is 11.0. The van der Waals surface area contributed by atoms with Crippen LogP contribution in [-0.2, 0) is 6.61 Å². The minimum atomic E-state index is -4.33. The summed E-state index contributed by atoms with van der Waals surface area (Å²) in [6.07, 6.45) is -4.05. The number of aromatic nitrogens is 2. The Labute approximate surface area is 203 Å². The predicted molar refractivity (Wildman–Crippen MR) is 120 cm³/mol. The van der Waals surface area contributed by atoms with Crippen LogP contribution in [0.4, 0.5) is 26.3 Å². The molecule has 6 nitrogen and oxygen atoms in total. The van der Waals surface area contributed by atoms with Crippen LogP contribution < -0.4 is 15.8 Å². The number of pyridine rings is 1. The second kappa shape index (κ2) is 10.5. The maximum Gasteiger partial charge on any atom is 0.389 e. The molecule has 3 N–H and O–H groups in total. The number of hydrogen-bond acceptors (Lipinski definition) is 5. The summed E-state index contributed by atoms with van der Waals surface area (Å²) >= 11 is 0. The Morgan fingerprint density at radius 2 is 1.81 bits per heavy atom. The van der Waals surface area contributed by atoms with E-state index in [1.165, 1.54) is 11.3 Å². The molecule has 0 spiro atoms. The zero-order valence-electron chi connectivity index (χ0n) is 19.9. The quantitative estimate of drug-likeness (QED) is 0.230. The Morgan fingerprint density at radius 1 is 1.14 bits per heavy atom. The van der Waals surface area contributed by atoms with Crippen molar-refractivity contribution in [2.24, 2.45) is 5.73 Å². The van der Waals surface area contributed by atoms with E-state index in [0.717, 1.165) is 6.07 Å². The highest BCUT2D eigenvalue weighted by atomic mass is 19.4. The van der Waals surface area contributed by atoms with Gasteiger partial charge in [-0.1, -0.05) is 0 Å². The normalized spacial score (nSPS) is 13.7. The summed E-state index contributed by atoms with van der Waals surface area (Å²) in [7, 11) is 0.